The standard InChI is InChI=1S/C25H29N3O4S2/c1-18(2)14-28-24(30)21-10-6-7-11-22(21)26-25(28)33-16-23(29)27(15-19-8-4-3-5-9-19)20-12-13-34(31,32)17-20/h3-11,18,20H,12-17H2,1-2H3. The Bertz CT molecular complexity index is 1340. The topological polar surface area (TPSA) is 89.3 Å². The highest BCUT2D eigenvalue weighted by molar-refractivity contribution is 7.99. The number of sulfone groups is 1. The molecular weight excluding hydrogens is 470 g/mol. The van der Waals surface area contributed by atoms with E-state index in [0.29, 0.717) is 35.6 Å². The minimum Gasteiger partial charge on any atom is -0.334 e. The van der Waals surface area contributed by atoms with Gasteiger partial charge in [0.2, 0.25) is 5.91 Å². The number of nitrogens with zero attached hydrogens (tertiary/aromatic N) is 3. The summed E-state index contributed by atoms with van der Waals surface area (Å²) in [6.07, 6.45) is 0.442. The molecule has 1 aliphatic heterocycles. The van der Waals surface area contributed by atoms with Crippen LogP contribution in [0, 0.1) is 5.92 Å². The molecule has 4 rings (SSSR count). The molecule has 7 nitrogen and oxygen atoms in total. The van der Waals surface area contributed by atoms with Crippen LogP contribution in [0.25, 0.3) is 10.9 Å². The summed E-state index contributed by atoms with van der Waals surface area (Å²) in [5, 5.41) is 1.06. The number of aromatic nitrogens is 2. The molecule has 1 aromatic heterocycles. The van der Waals surface area contributed by atoms with Crippen molar-refractivity contribution in [3.63, 3.8) is 0 Å². The lowest BCUT2D eigenvalue weighted by molar-refractivity contribution is -0.130. The number of rotatable bonds is 8. The number of para-hydroxylation sites is 1. The van der Waals surface area contributed by atoms with Crippen molar-refractivity contribution in [1.29, 1.82) is 0 Å². The maximum absolute atomic E-state index is 13.4. The van der Waals surface area contributed by atoms with Gasteiger partial charge in [0.1, 0.15) is 0 Å². The van der Waals surface area contributed by atoms with E-state index in [0.717, 1.165) is 5.56 Å². The van der Waals surface area contributed by atoms with E-state index in [-0.39, 0.29) is 40.7 Å². The zero-order valence-electron chi connectivity index (χ0n) is 19.4. The average Bonchev–Trinajstić information content (AvgIpc) is 3.17. The zero-order valence-corrected chi connectivity index (χ0v) is 21.0. The summed E-state index contributed by atoms with van der Waals surface area (Å²) in [6, 6.07) is 16.5. The van der Waals surface area contributed by atoms with Crippen LogP contribution in [0.2, 0.25) is 0 Å². The van der Waals surface area contributed by atoms with E-state index in [9.17, 15) is 18.0 Å². The van der Waals surface area contributed by atoms with Crippen molar-refractivity contribution in [1.82, 2.24) is 14.5 Å². The van der Waals surface area contributed by atoms with Crippen molar-refractivity contribution in [2.24, 2.45) is 5.92 Å². The third-order valence-electron chi connectivity index (χ3n) is 5.86. The maximum atomic E-state index is 13.4. The summed E-state index contributed by atoms with van der Waals surface area (Å²) in [4.78, 5) is 32.9. The Morgan fingerprint density at radius 3 is 2.53 bits per heavy atom. The molecule has 0 spiro atoms. The lowest BCUT2D eigenvalue weighted by atomic mass is 10.1. The SMILES string of the molecule is CC(C)Cn1c(SCC(=O)N(Cc2ccccc2)C2CCS(=O)(=O)C2)nc2ccccc2c1=O. The first kappa shape index (κ1) is 24.5. The van der Waals surface area contributed by atoms with Gasteiger partial charge < -0.3 is 4.90 Å². The van der Waals surface area contributed by atoms with Crippen LogP contribution in [0.15, 0.2) is 64.5 Å². The Hall–Kier alpha value is -2.65. The van der Waals surface area contributed by atoms with Crippen molar-refractivity contribution in [2.45, 2.75) is 44.6 Å². The minimum absolute atomic E-state index is 0.0114. The van der Waals surface area contributed by atoms with Gasteiger partial charge in [0.15, 0.2) is 15.0 Å². The highest BCUT2D eigenvalue weighted by atomic mass is 32.2. The molecule has 1 fully saturated rings. The fourth-order valence-corrected chi connectivity index (χ4v) is 6.84. The van der Waals surface area contributed by atoms with Crippen molar-refractivity contribution in [3.8, 4) is 0 Å². The molecule has 1 saturated heterocycles. The van der Waals surface area contributed by atoms with Crippen LogP contribution >= 0.6 is 11.8 Å². The highest BCUT2D eigenvalue weighted by Gasteiger charge is 2.34. The van der Waals surface area contributed by atoms with E-state index >= 15 is 0 Å². The predicted molar refractivity (Wildman–Crippen MR) is 136 cm³/mol. The van der Waals surface area contributed by atoms with Gasteiger partial charge in [-0.05, 0) is 30.0 Å². The van der Waals surface area contributed by atoms with Crippen LogP contribution in [0.4, 0.5) is 0 Å². The molecule has 9 heteroatoms. The summed E-state index contributed by atoms with van der Waals surface area (Å²) in [5.74, 6) is 0.238. The number of hydrogen-bond donors (Lipinski definition) is 0. The first-order valence-corrected chi connectivity index (χ1v) is 14.2. The Kier molecular flexibility index (Phi) is 7.42. The summed E-state index contributed by atoms with van der Waals surface area (Å²) in [7, 11) is -3.14. The maximum Gasteiger partial charge on any atom is 0.262 e. The Morgan fingerprint density at radius 2 is 1.85 bits per heavy atom. The first-order valence-electron chi connectivity index (χ1n) is 11.4. The molecule has 2 heterocycles. The van der Waals surface area contributed by atoms with Gasteiger partial charge in [-0.2, -0.15) is 0 Å². The minimum atomic E-state index is -3.14. The van der Waals surface area contributed by atoms with Crippen molar-refractivity contribution in [2.75, 3.05) is 17.3 Å². The van der Waals surface area contributed by atoms with Crippen molar-refractivity contribution < 1.29 is 13.2 Å². The second kappa shape index (κ2) is 10.3. The van der Waals surface area contributed by atoms with Gasteiger partial charge >= 0.3 is 0 Å². The number of hydrogen-bond acceptors (Lipinski definition) is 6. The normalized spacial score (nSPS) is 17.3. The quantitative estimate of drug-likeness (QED) is 0.349. The molecule has 0 aliphatic carbocycles. The summed E-state index contributed by atoms with van der Waals surface area (Å²) in [6.45, 7) is 4.92. The molecule has 1 aliphatic rings. The van der Waals surface area contributed by atoms with E-state index in [2.05, 4.69) is 4.98 Å². The second-order valence-corrected chi connectivity index (χ2v) is 12.2. The van der Waals surface area contributed by atoms with Gasteiger partial charge in [-0.1, -0.05) is 68.1 Å². The molecule has 3 aromatic rings. The Balaban J connectivity index is 1.60. The lowest BCUT2D eigenvalue weighted by Gasteiger charge is -2.28. The molecule has 34 heavy (non-hydrogen) atoms. The lowest BCUT2D eigenvalue weighted by Crippen LogP contribution is -2.41. The van der Waals surface area contributed by atoms with E-state index in [1.165, 1.54) is 11.8 Å². The number of fused-ring (bicyclic) bond motifs is 1. The number of thioether (sulfide) groups is 1. The number of benzene rings is 2. The molecule has 0 N–H and O–H groups in total. The van der Waals surface area contributed by atoms with E-state index in [1.54, 1.807) is 21.6 Å². The van der Waals surface area contributed by atoms with Crippen LogP contribution in [0.1, 0.15) is 25.8 Å². The summed E-state index contributed by atoms with van der Waals surface area (Å²) < 4.78 is 25.9. The number of carbonyl (C=O) groups is 1. The molecule has 180 valence electrons. The zero-order chi connectivity index (χ0) is 24.3. The van der Waals surface area contributed by atoms with Crippen molar-refractivity contribution >= 4 is 38.4 Å². The van der Waals surface area contributed by atoms with Gasteiger partial charge in [0.05, 0.1) is 28.2 Å². The van der Waals surface area contributed by atoms with Crippen LogP contribution in [-0.4, -0.2) is 52.1 Å². The molecule has 2 aromatic carbocycles. The summed E-state index contributed by atoms with van der Waals surface area (Å²) >= 11 is 1.23. The molecule has 0 radical (unpaired) electrons. The second-order valence-electron chi connectivity index (χ2n) is 9.07. The molecule has 1 atom stereocenters. The summed E-state index contributed by atoms with van der Waals surface area (Å²) in [5.41, 5.74) is 1.44. The fraction of sp³-hybridized carbons (Fsp3) is 0.400. The Labute approximate surface area is 204 Å². The molecule has 0 bridgehead atoms. The van der Waals surface area contributed by atoms with Gasteiger partial charge in [-0.15, -0.1) is 0 Å². The monoisotopic (exact) mass is 499 g/mol. The molecule has 0 saturated carbocycles. The molecular formula is C25H29N3O4S2. The third-order valence-corrected chi connectivity index (χ3v) is 8.58. The van der Waals surface area contributed by atoms with Crippen molar-refractivity contribution in [3.05, 3.63) is 70.5 Å². The highest BCUT2D eigenvalue weighted by Crippen LogP contribution is 2.24. The fourth-order valence-electron chi connectivity index (χ4n) is 4.22. The van der Waals surface area contributed by atoms with E-state index in [1.807, 2.05) is 56.3 Å². The van der Waals surface area contributed by atoms with E-state index < -0.39 is 9.84 Å². The predicted octanol–water partition coefficient (Wildman–Crippen LogP) is 3.36. The average molecular weight is 500 g/mol. The first-order chi connectivity index (χ1) is 16.2. The van der Waals surface area contributed by atoms with Crippen LogP contribution in [-0.2, 0) is 27.7 Å². The smallest absolute Gasteiger partial charge is 0.262 e. The van der Waals surface area contributed by atoms with Gasteiger partial charge in [-0.3, -0.25) is 14.2 Å². The van der Waals surface area contributed by atoms with E-state index in [4.69, 9.17) is 0 Å². The Morgan fingerprint density at radius 1 is 1.15 bits per heavy atom. The van der Waals surface area contributed by atoms with Crippen LogP contribution in [0.3, 0.4) is 0 Å². The van der Waals surface area contributed by atoms with Crippen LogP contribution < -0.4 is 5.56 Å². The molecule has 1 unspecified atom stereocenters. The van der Waals surface area contributed by atoms with Crippen LogP contribution in [0.5, 0.6) is 0 Å². The third kappa shape index (κ3) is 5.70. The van der Waals surface area contributed by atoms with Gasteiger partial charge in [0, 0.05) is 19.1 Å². The largest absolute Gasteiger partial charge is 0.334 e. The van der Waals surface area contributed by atoms with Gasteiger partial charge in [-0.25, -0.2) is 13.4 Å². The molecule has 1 amide bonds. The number of carbonyl (C=O) groups excluding carboxylic acids is 1. The number of amides is 1. The van der Waals surface area contributed by atoms with Gasteiger partial charge in [0.25, 0.3) is 5.56 Å².